The Morgan fingerprint density at radius 3 is 2.66 bits per heavy atom. The molecule has 15 heteroatoms. The summed E-state index contributed by atoms with van der Waals surface area (Å²) in [6.45, 7) is 0. The lowest BCUT2D eigenvalue weighted by Crippen LogP contribution is -2.25. The van der Waals surface area contributed by atoms with Gasteiger partial charge >= 0.3 is 7.60 Å². The van der Waals surface area contributed by atoms with E-state index in [1.807, 2.05) is 0 Å². The van der Waals surface area contributed by atoms with Gasteiger partial charge < -0.3 is 24.9 Å². The molecule has 5 N–H and O–H groups in total. The second kappa shape index (κ2) is 10.4. The van der Waals surface area contributed by atoms with E-state index in [9.17, 15) is 37.3 Å². The number of sulfonamides is 1. The van der Waals surface area contributed by atoms with Crippen LogP contribution < -0.4 is 14.6 Å². The first-order valence-corrected chi connectivity index (χ1v) is 14.3. The molecule has 0 saturated carbocycles. The fraction of sp³-hybridized carbons (Fsp3) is 0.0435. The van der Waals surface area contributed by atoms with Crippen LogP contribution >= 0.6 is 18.9 Å². The number of aromatic hydroxyl groups is 2. The lowest BCUT2D eigenvalue weighted by atomic mass is 10.1. The van der Waals surface area contributed by atoms with Gasteiger partial charge in [0.15, 0.2) is 11.5 Å². The van der Waals surface area contributed by atoms with Crippen LogP contribution in [-0.4, -0.2) is 35.7 Å². The summed E-state index contributed by atoms with van der Waals surface area (Å²) in [5.74, 6) is -3.33. The van der Waals surface area contributed by atoms with Gasteiger partial charge in [0, 0.05) is 16.5 Å². The number of nitrogens with one attached hydrogen (secondary N) is 2. The van der Waals surface area contributed by atoms with Crippen molar-refractivity contribution in [3.8, 4) is 23.3 Å². The van der Waals surface area contributed by atoms with Crippen molar-refractivity contribution >= 4 is 50.6 Å². The van der Waals surface area contributed by atoms with Gasteiger partial charge in [-0.1, -0.05) is 6.07 Å². The van der Waals surface area contributed by atoms with E-state index in [-0.39, 0.29) is 21.0 Å². The van der Waals surface area contributed by atoms with Crippen molar-refractivity contribution in [3.63, 3.8) is 0 Å². The highest BCUT2D eigenvalue weighted by molar-refractivity contribution is 7.92. The maximum absolute atomic E-state index is 13.8. The Morgan fingerprint density at radius 2 is 1.95 bits per heavy atom. The molecular formula is C23H17FN3O8PS2. The number of rotatable bonds is 8. The molecule has 1 heterocycles. The van der Waals surface area contributed by atoms with Gasteiger partial charge in [-0.05, 0) is 53.9 Å². The maximum atomic E-state index is 13.8. The third kappa shape index (κ3) is 5.94. The highest BCUT2D eigenvalue weighted by Gasteiger charge is 2.27. The minimum Gasteiger partial charge on any atom is -0.504 e. The Balaban J connectivity index is 1.51. The van der Waals surface area contributed by atoms with Crippen molar-refractivity contribution < 1.29 is 43.2 Å². The van der Waals surface area contributed by atoms with Gasteiger partial charge in [-0.2, -0.15) is 9.98 Å². The summed E-state index contributed by atoms with van der Waals surface area (Å²) in [6.07, 6.45) is -2.38. The molecule has 1 aromatic heterocycles. The normalized spacial score (nSPS) is 14.2. The zero-order valence-electron chi connectivity index (χ0n) is 19.8. The summed E-state index contributed by atoms with van der Waals surface area (Å²) in [6, 6.07) is 13.8. The van der Waals surface area contributed by atoms with Crippen molar-refractivity contribution in [2.75, 3.05) is 11.6 Å². The van der Waals surface area contributed by atoms with E-state index in [0.717, 1.165) is 23.5 Å². The molecule has 2 unspecified atom stereocenters. The first kappa shape index (κ1) is 25.7. The topological polar surface area (TPSA) is 186 Å². The SMILES string of the molecule is [3H]C(NS(=O)(=O)c1cc2cc(NC(=O)c3cccc(O)c3O)ccc2s1)P(=O)(O)Oc1ccc(C#N)c(F)c1. The third-order valence-electron chi connectivity index (χ3n) is 4.94. The van der Waals surface area contributed by atoms with Crippen LogP contribution in [0.1, 0.15) is 17.3 Å². The largest absolute Gasteiger partial charge is 0.504 e. The predicted octanol–water partition coefficient (Wildman–Crippen LogP) is 4.08. The van der Waals surface area contributed by atoms with Gasteiger partial charge in [0.25, 0.3) is 15.9 Å². The number of nitrogens with zero attached hydrogens (tertiary/aromatic N) is 1. The summed E-state index contributed by atoms with van der Waals surface area (Å²) >= 11 is 0.783. The van der Waals surface area contributed by atoms with Crippen LogP contribution in [0.2, 0.25) is 0 Å². The van der Waals surface area contributed by atoms with E-state index in [0.29, 0.717) is 16.2 Å². The molecule has 4 aromatic rings. The standard InChI is InChI=1S/C23H17FN3O8PS2/c24-18-10-16(6-4-13(18)11-25)35-36(31,32)12-26-38(33,34)21-9-14-8-15(5-7-20(14)37-21)27-23(30)17-2-1-3-19(28)22(17)29/h1-10,26,28-29H,12H2,(H,27,30)(H,31,32)/i12T. The number of amides is 1. The molecule has 0 aliphatic heterocycles. The molecule has 11 nitrogen and oxygen atoms in total. The van der Waals surface area contributed by atoms with Crippen LogP contribution in [0.15, 0.2) is 64.9 Å². The summed E-state index contributed by atoms with van der Waals surface area (Å²) < 4.78 is 66.5. The molecule has 0 saturated heterocycles. The van der Waals surface area contributed by atoms with Gasteiger partial charge in [0.05, 0.1) is 12.5 Å². The number of phenols is 2. The lowest BCUT2D eigenvalue weighted by Gasteiger charge is -2.14. The zero-order valence-corrected chi connectivity index (χ0v) is 21.4. The lowest BCUT2D eigenvalue weighted by molar-refractivity contribution is 0.102. The molecule has 3 aromatic carbocycles. The number of halogens is 1. The number of para-hydroxylation sites is 1. The first-order valence-electron chi connectivity index (χ1n) is 10.9. The van der Waals surface area contributed by atoms with Crippen molar-refractivity contribution in [1.29, 1.82) is 5.26 Å². The Bertz CT molecular complexity index is 1810. The van der Waals surface area contributed by atoms with Crippen LogP contribution in [0.5, 0.6) is 17.2 Å². The average molecular weight is 580 g/mol. The quantitative estimate of drug-likeness (QED) is 0.151. The van der Waals surface area contributed by atoms with Crippen molar-refractivity contribution in [3.05, 3.63) is 77.6 Å². The molecule has 2 atom stereocenters. The van der Waals surface area contributed by atoms with Gasteiger partial charge in [-0.25, -0.2) is 17.4 Å². The molecule has 38 heavy (non-hydrogen) atoms. The molecule has 0 spiro atoms. The van der Waals surface area contributed by atoms with Crippen LogP contribution in [-0.2, 0) is 14.6 Å². The van der Waals surface area contributed by atoms with Crippen molar-refractivity contribution in [2.45, 2.75) is 4.21 Å². The minimum atomic E-state index is -5.02. The van der Waals surface area contributed by atoms with E-state index in [1.54, 1.807) is 10.8 Å². The highest BCUT2D eigenvalue weighted by atomic mass is 32.2. The number of hydrogen-bond acceptors (Lipinski definition) is 9. The fourth-order valence-corrected chi connectivity index (χ4v) is 6.74. The van der Waals surface area contributed by atoms with E-state index in [4.69, 9.17) is 11.2 Å². The molecule has 0 bridgehead atoms. The van der Waals surface area contributed by atoms with Crippen LogP contribution in [0.3, 0.4) is 0 Å². The Kier molecular flexibility index (Phi) is 7.02. The monoisotopic (exact) mass is 579 g/mol. The Hall–Kier alpha value is -3.99. The number of phenolic OH excluding ortho intramolecular Hbond substituents is 2. The molecular weight excluding hydrogens is 560 g/mol. The van der Waals surface area contributed by atoms with Crippen molar-refractivity contribution in [1.82, 2.24) is 4.72 Å². The summed E-state index contributed by atoms with van der Waals surface area (Å²) in [5, 5.41) is 31.1. The third-order valence-corrected chi connectivity index (χ3v) is 8.94. The molecule has 0 aliphatic carbocycles. The van der Waals surface area contributed by atoms with E-state index in [2.05, 4.69) is 5.32 Å². The smallest absolute Gasteiger partial charge is 0.391 e. The summed E-state index contributed by atoms with van der Waals surface area (Å²) in [5.41, 5.74) is -0.289. The molecule has 4 rings (SSSR count). The number of fused-ring (bicyclic) bond motifs is 1. The number of benzene rings is 3. The summed E-state index contributed by atoms with van der Waals surface area (Å²) in [4.78, 5) is 22.6. The molecule has 0 aliphatic rings. The van der Waals surface area contributed by atoms with Gasteiger partial charge in [-0.3, -0.25) is 4.79 Å². The van der Waals surface area contributed by atoms with Gasteiger partial charge in [-0.15, -0.1) is 11.3 Å². The van der Waals surface area contributed by atoms with Gasteiger partial charge in [0.1, 0.15) is 28.1 Å². The molecule has 196 valence electrons. The van der Waals surface area contributed by atoms with Crippen LogP contribution in [0.25, 0.3) is 10.1 Å². The Labute approximate surface area is 220 Å². The van der Waals surface area contributed by atoms with E-state index >= 15 is 0 Å². The van der Waals surface area contributed by atoms with E-state index in [1.165, 1.54) is 42.5 Å². The maximum Gasteiger partial charge on any atom is 0.391 e. The second-order valence-corrected chi connectivity index (χ2v) is 12.2. The number of nitriles is 1. The number of anilines is 1. The number of hydrogen-bond donors (Lipinski definition) is 5. The molecule has 0 radical (unpaired) electrons. The van der Waals surface area contributed by atoms with Gasteiger partial charge in [0.2, 0.25) is 0 Å². The zero-order chi connectivity index (χ0) is 28.5. The fourth-order valence-electron chi connectivity index (χ4n) is 3.16. The first-order chi connectivity index (χ1) is 18.3. The minimum absolute atomic E-state index is 0.186. The number of thiophene rings is 1. The molecule has 1 amide bonds. The number of carbonyl (C=O) groups is 1. The van der Waals surface area contributed by atoms with Crippen LogP contribution in [0, 0.1) is 17.1 Å². The van der Waals surface area contributed by atoms with E-state index < -0.39 is 52.9 Å². The number of carbonyl (C=O) groups excluding carboxylic acids is 1. The second-order valence-electron chi connectivity index (χ2n) is 7.60. The van der Waals surface area contributed by atoms with Crippen molar-refractivity contribution in [2.24, 2.45) is 0 Å². The highest BCUT2D eigenvalue weighted by Crippen LogP contribution is 2.42. The predicted molar refractivity (Wildman–Crippen MR) is 136 cm³/mol. The average Bonchev–Trinajstić information content (AvgIpc) is 3.30. The van der Waals surface area contributed by atoms with Crippen LogP contribution in [0.4, 0.5) is 10.1 Å². The molecule has 0 fully saturated rings. The summed E-state index contributed by atoms with van der Waals surface area (Å²) in [7, 11) is -9.52. The Morgan fingerprint density at radius 1 is 1.18 bits per heavy atom.